The number of fused-ring (bicyclic) bond motifs is 1. The van der Waals surface area contributed by atoms with Crippen LogP contribution >= 0.6 is 0 Å². The fourth-order valence-corrected chi connectivity index (χ4v) is 3.78. The van der Waals surface area contributed by atoms with Gasteiger partial charge in [-0.3, -0.25) is 4.79 Å². The Hall–Kier alpha value is -3.08. The van der Waals surface area contributed by atoms with Gasteiger partial charge < -0.3 is 14.2 Å². The molecule has 1 amide bonds. The van der Waals surface area contributed by atoms with Crippen LogP contribution in [0.15, 0.2) is 47.0 Å². The number of nitrogens with zero attached hydrogens (tertiary/aromatic N) is 2. The van der Waals surface area contributed by atoms with Crippen molar-refractivity contribution in [2.75, 3.05) is 13.7 Å². The van der Waals surface area contributed by atoms with Gasteiger partial charge in [0, 0.05) is 29.7 Å². The zero-order valence-electron chi connectivity index (χ0n) is 15.8. The number of aromatic nitrogens is 1. The molecule has 1 aliphatic rings. The molecule has 0 saturated carbocycles. The molecule has 0 fully saturated rings. The van der Waals surface area contributed by atoms with E-state index in [0.717, 1.165) is 39.5 Å². The molecule has 0 atom stereocenters. The fraction of sp³-hybridized carbons (Fsp3) is 0.273. The molecule has 0 saturated heterocycles. The third-order valence-corrected chi connectivity index (χ3v) is 5.07. The quantitative estimate of drug-likeness (QED) is 0.702. The number of carbonyl (C=O) groups is 1. The van der Waals surface area contributed by atoms with Crippen molar-refractivity contribution in [3.63, 3.8) is 0 Å². The predicted molar refractivity (Wildman–Crippen MR) is 103 cm³/mol. The second-order valence-corrected chi connectivity index (χ2v) is 6.92. The van der Waals surface area contributed by atoms with Crippen LogP contribution in [-0.4, -0.2) is 29.6 Å². The van der Waals surface area contributed by atoms with E-state index >= 15 is 0 Å². The average Bonchev–Trinajstić information content (AvgIpc) is 3.11. The van der Waals surface area contributed by atoms with Crippen LogP contribution < -0.4 is 4.74 Å². The highest BCUT2D eigenvalue weighted by molar-refractivity contribution is 5.95. The van der Waals surface area contributed by atoms with Gasteiger partial charge in [-0.05, 0) is 37.1 Å². The lowest BCUT2D eigenvalue weighted by molar-refractivity contribution is 0.0729. The van der Waals surface area contributed by atoms with Crippen molar-refractivity contribution in [1.29, 1.82) is 0 Å². The summed E-state index contributed by atoms with van der Waals surface area (Å²) in [6.07, 6.45) is 0.676. The zero-order chi connectivity index (χ0) is 19.0. The predicted octanol–water partition coefficient (Wildman–Crippen LogP) is 4.17. The molecule has 27 heavy (non-hydrogen) atoms. The highest BCUT2D eigenvalue weighted by Crippen LogP contribution is 2.31. The van der Waals surface area contributed by atoms with Crippen molar-refractivity contribution >= 4 is 5.91 Å². The SMILES string of the molecule is COc1c(C)cc(C(=O)N2CCc3onc(-c4ccccc4)c3C2)cc1C. The molecule has 0 bridgehead atoms. The van der Waals surface area contributed by atoms with E-state index in [0.29, 0.717) is 25.1 Å². The minimum Gasteiger partial charge on any atom is -0.496 e. The van der Waals surface area contributed by atoms with Gasteiger partial charge in [0.25, 0.3) is 5.91 Å². The molecule has 0 aliphatic carbocycles. The normalized spacial score (nSPS) is 13.4. The Labute approximate surface area is 158 Å². The van der Waals surface area contributed by atoms with Crippen LogP contribution in [0.25, 0.3) is 11.3 Å². The van der Waals surface area contributed by atoms with Gasteiger partial charge in [-0.15, -0.1) is 0 Å². The van der Waals surface area contributed by atoms with Crippen LogP contribution in [0.5, 0.6) is 5.75 Å². The maximum atomic E-state index is 13.1. The summed E-state index contributed by atoms with van der Waals surface area (Å²) in [5.41, 5.74) is 5.45. The first-order chi connectivity index (χ1) is 13.1. The molecule has 2 aromatic carbocycles. The van der Waals surface area contributed by atoms with E-state index in [2.05, 4.69) is 5.16 Å². The Morgan fingerprint density at radius 3 is 2.52 bits per heavy atom. The minimum absolute atomic E-state index is 0.0229. The largest absolute Gasteiger partial charge is 0.496 e. The maximum Gasteiger partial charge on any atom is 0.254 e. The molecule has 5 heteroatoms. The molecular weight excluding hydrogens is 340 g/mol. The number of methoxy groups -OCH3 is 1. The third-order valence-electron chi connectivity index (χ3n) is 5.07. The summed E-state index contributed by atoms with van der Waals surface area (Å²) >= 11 is 0. The molecule has 138 valence electrons. The first kappa shape index (κ1) is 17.3. The van der Waals surface area contributed by atoms with Crippen LogP contribution in [0.4, 0.5) is 0 Å². The average molecular weight is 362 g/mol. The van der Waals surface area contributed by atoms with Crippen molar-refractivity contribution < 1.29 is 14.1 Å². The van der Waals surface area contributed by atoms with Gasteiger partial charge in [0.15, 0.2) is 0 Å². The summed E-state index contributed by atoms with van der Waals surface area (Å²) in [4.78, 5) is 15.0. The summed E-state index contributed by atoms with van der Waals surface area (Å²) in [5, 5.41) is 4.26. The van der Waals surface area contributed by atoms with Gasteiger partial charge in [-0.1, -0.05) is 35.5 Å². The lowest BCUT2D eigenvalue weighted by Gasteiger charge is -2.27. The third kappa shape index (κ3) is 3.10. The number of ether oxygens (including phenoxy) is 1. The Morgan fingerprint density at radius 1 is 1.15 bits per heavy atom. The van der Waals surface area contributed by atoms with Gasteiger partial charge in [0.05, 0.1) is 13.7 Å². The van der Waals surface area contributed by atoms with E-state index in [-0.39, 0.29) is 5.91 Å². The number of hydrogen-bond donors (Lipinski definition) is 0. The van der Waals surface area contributed by atoms with Crippen LogP contribution in [0, 0.1) is 13.8 Å². The number of benzene rings is 2. The second kappa shape index (κ2) is 6.91. The molecule has 0 spiro atoms. The van der Waals surface area contributed by atoms with Crippen LogP contribution in [-0.2, 0) is 13.0 Å². The number of amides is 1. The first-order valence-electron chi connectivity index (χ1n) is 9.06. The van der Waals surface area contributed by atoms with E-state index in [1.165, 1.54) is 0 Å². The Bertz CT molecular complexity index is 969. The molecule has 1 aliphatic heterocycles. The van der Waals surface area contributed by atoms with Crippen molar-refractivity contribution in [3.8, 4) is 17.0 Å². The van der Waals surface area contributed by atoms with Crippen molar-refractivity contribution in [3.05, 3.63) is 70.5 Å². The lowest BCUT2D eigenvalue weighted by Crippen LogP contribution is -2.35. The Balaban J connectivity index is 1.63. The molecule has 0 unspecified atom stereocenters. The van der Waals surface area contributed by atoms with Crippen LogP contribution in [0.2, 0.25) is 0 Å². The highest BCUT2D eigenvalue weighted by Gasteiger charge is 2.28. The topological polar surface area (TPSA) is 55.6 Å². The van der Waals surface area contributed by atoms with E-state index in [1.54, 1.807) is 7.11 Å². The number of hydrogen-bond acceptors (Lipinski definition) is 4. The zero-order valence-corrected chi connectivity index (χ0v) is 15.8. The number of carbonyl (C=O) groups excluding carboxylic acids is 1. The molecule has 0 N–H and O–H groups in total. The van der Waals surface area contributed by atoms with Gasteiger partial charge in [0.1, 0.15) is 17.2 Å². The highest BCUT2D eigenvalue weighted by atomic mass is 16.5. The first-order valence-corrected chi connectivity index (χ1v) is 9.06. The van der Waals surface area contributed by atoms with E-state index in [4.69, 9.17) is 9.26 Å². The molecule has 1 aromatic heterocycles. The summed E-state index contributed by atoms with van der Waals surface area (Å²) in [7, 11) is 1.65. The van der Waals surface area contributed by atoms with Crippen molar-refractivity contribution in [2.45, 2.75) is 26.8 Å². The van der Waals surface area contributed by atoms with E-state index in [9.17, 15) is 4.79 Å². The molecule has 4 rings (SSSR count). The Morgan fingerprint density at radius 2 is 1.85 bits per heavy atom. The van der Waals surface area contributed by atoms with E-state index < -0.39 is 0 Å². The fourth-order valence-electron chi connectivity index (χ4n) is 3.78. The number of rotatable bonds is 3. The van der Waals surface area contributed by atoms with Crippen molar-refractivity contribution in [2.24, 2.45) is 0 Å². The van der Waals surface area contributed by atoms with E-state index in [1.807, 2.05) is 61.2 Å². The van der Waals surface area contributed by atoms with Crippen LogP contribution in [0.1, 0.15) is 32.8 Å². The summed E-state index contributed by atoms with van der Waals surface area (Å²) < 4.78 is 11.0. The summed E-state index contributed by atoms with van der Waals surface area (Å²) in [6, 6.07) is 13.7. The molecular formula is C22H22N2O3. The smallest absolute Gasteiger partial charge is 0.254 e. The standard InChI is InChI=1S/C22H22N2O3/c1-14-11-17(12-15(2)21(14)26-3)22(25)24-10-9-19-18(13-24)20(23-27-19)16-7-5-4-6-8-16/h4-8,11-12H,9-10,13H2,1-3H3. The molecule has 0 radical (unpaired) electrons. The number of aryl methyl sites for hydroxylation is 2. The van der Waals surface area contributed by atoms with Crippen molar-refractivity contribution in [1.82, 2.24) is 10.1 Å². The molecule has 5 nitrogen and oxygen atoms in total. The summed E-state index contributed by atoms with van der Waals surface area (Å²) in [6.45, 7) is 5.06. The molecule has 3 aromatic rings. The van der Waals surface area contributed by atoms with Gasteiger partial charge in [0.2, 0.25) is 0 Å². The molecule has 2 heterocycles. The monoisotopic (exact) mass is 362 g/mol. The Kier molecular flexibility index (Phi) is 4.44. The second-order valence-electron chi connectivity index (χ2n) is 6.92. The lowest BCUT2D eigenvalue weighted by atomic mass is 10.00. The van der Waals surface area contributed by atoms with Gasteiger partial charge >= 0.3 is 0 Å². The maximum absolute atomic E-state index is 13.1. The van der Waals surface area contributed by atoms with Gasteiger partial charge in [-0.25, -0.2) is 0 Å². The minimum atomic E-state index is 0.0229. The van der Waals surface area contributed by atoms with Gasteiger partial charge in [-0.2, -0.15) is 0 Å². The van der Waals surface area contributed by atoms with Crippen LogP contribution in [0.3, 0.4) is 0 Å². The summed E-state index contributed by atoms with van der Waals surface area (Å²) in [5.74, 6) is 1.73.